The van der Waals surface area contributed by atoms with Crippen molar-refractivity contribution in [2.24, 2.45) is 18.9 Å². The number of benzene rings is 1. The highest BCUT2D eigenvalue weighted by Gasteiger charge is 2.50. The predicted octanol–water partition coefficient (Wildman–Crippen LogP) is 4.96. The molecular formula is C30H30F3N7O. The molecule has 6 rings (SSSR count). The Kier molecular flexibility index (Phi) is 6.69. The summed E-state index contributed by atoms with van der Waals surface area (Å²) in [7, 11) is 1.85. The van der Waals surface area contributed by atoms with Gasteiger partial charge in [-0.1, -0.05) is 25.1 Å². The number of pyridine rings is 1. The first kappa shape index (κ1) is 27.1. The minimum Gasteiger partial charge on any atom is -0.320 e. The number of halogens is 3. The van der Waals surface area contributed by atoms with Gasteiger partial charge >= 0.3 is 6.18 Å². The summed E-state index contributed by atoms with van der Waals surface area (Å²) in [6, 6.07) is 10.8. The molecule has 1 aliphatic heterocycles. The number of likely N-dealkylation sites (tertiary alicyclic amines) is 1. The van der Waals surface area contributed by atoms with Crippen LogP contribution in [0.15, 0.2) is 53.8 Å². The topological polar surface area (TPSA) is 92.1 Å². The molecule has 0 N–H and O–H groups in total. The molecule has 0 unspecified atom stereocenters. The van der Waals surface area contributed by atoms with Crippen LogP contribution in [-0.2, 0) is 25.2 Å². The van der Waals surface area contributed by atoms with Crippen molar-refractivity contribution in [3.05, 3.63) is 81.9 Å². The number of hydrogen-bond donors (Lipinski definition) is 0. The zero-order valence-corrected chi connectivity index (χ0v) is 22.9. The fourth-order valence-electron chi connectivity index (χ4n) is 6.54. The summed E-state index contributed by atoms with van der Waals surface area (Å²) in [5.41, 5.74) is -0.420. The Morgan fingerprint density at radius 3 is 2.71 bits per heavy atom. The number of nitrogens with zero attached hydrogens (tertiary/aromatic N) is 7. The van der Waals surface area contributed by atoms with Gasteiger partial charge in [-0.3, -0.25) is 14.1 Å². The smallest absolute Gasteiger partial charge is 0.320 e. The molecule has 4 heterocycles. The van der Waals surface area contributed by atoms with Gasteiger partial charge in [0.15, 0.2) is 5.65 Å². The quantitative estimate of drug-likeness (QED) is 0.342. The van der Waals surface area contributed by atoms with Gasteiger partial charge in [0, 0.05) is 38.4 Å². The molecule has 11 heteroatoms. The number of piperidine rings is 1. The Morgan fingerprint density at radius 2 is 2.02 bits per heavy atom. The maximum absolute atomic E-state index is 14.1. The molecular weight excluding hydrogens is 531 g/mol. The van der Waals surface area contributed by atoms with Gasteiger partial charge in [0.1, 0.15) is 12.2 Å². The molecule has 1 atom stereocenters. The molecule has 8 nitrogen and oxygen atoms in total. The molecule has 1 aromatic carbocycles. The summed E-state index contributed by atoms with van der Waals surface area (Å²) in [6.07, 6.45) is 2.88. The van der Waals surface area contributed by atoms with Gasteiger partial charge in [-0.15, -0.1) is 10.2 Å². The normalized spacial score (nSPS) is 23.3. The number of rotatable bonds is 5. The van der Waals surface area contributed by atoms with E-state index in [1.165, 1.54) is 12.4 Å². The minimum absolute atomic E-state index is 0.134. The van der Waals surface area contributed by atoms with Crippen molar-refractivity contribution in [2.75, 3.05) is 13.1 Å². The average Bonchev–Trinajstić information content (AvgIpc) is 3.34. The first-order chi connectivity index (χ1) is 19.6. The van der Waals surface area contributed by atoms with Gasteiger partial charge < -0.3 is 4.57 Å². The van der Waals surface area contributed by atoms with E-state index in [0.29, 0.717) is 36.4 Å². The van der Waals surface area contributed by atoms with Gasteiger partial charge in [-0.25, -0.2) is 4.98 Å². The van der Waals surface area contributed by atoms with E-state index >= 15 is 0 Å². The molecule has 212 valence electrons. The van der Waals surface area contributed by atoms with E-state index in [-0.39, 0.29) is 11.5 Å². The van der Waals surface area contributed by atoms with Crippen LogP contribution in [0.1, 0.15) is 55.1 Å². The third-order valence-electron chi connectivity index (χ3n) is 8.55. The van der Waals surface area contributed by atoms with Gasteiger partial charge in [0.05, 0.1) is 22.6 Å². The predicted molar refractivity (Wildman–Crippen MR) is 146 cm³/mol. The molecule has 2 aliphatic rings. The number of fused-ring (bicyclic) bond motifs is 1. The van der Waals surface area contributed by atoms with Crippen LogP contribution >= 0.6 is 0 Å². The molecule has 0 amide bonds. The SMILES string of the molecule is C[C@H]1CCCN(Cc2cc(C(F)(F)F)c3ncc(-c4cccc(C5(c6nncn6C)CC(C#N)C5)c4)c(=O)n3c2)C1. The van der Waals surface area contributed by atoms with Crippen LogP contribution in [0.5, 0.6) is 0 Å². The second kappa shape index (κ2) is 10.1. The zero-order chi connectivity index (χ0) is 28.9. The molecule has 41 heavy (non-hydrogen) atoms. The summed E-state index contributed by atoms with van der Waals surface area (Å²) in [4.78, 5) is 20.1. The molecule has 1 aliphatic carbocycles. The summed E-state index contributed by atoms with van der Waals surface area (Å²) in [5.74, 6) is 1.06. The summed E-state index contributed by atoms with van der Waals surface area (Å²) >= 11 is 0. The third kappa shape index (κ3) is 4.80. The van der Waals surface area contributed by atoms with E-state index < -0.39 is 28.4 Å². The minimum atomic E-state index is -4.67. The Morgan fingerprint density at radius 1 is 1.22 bits per heavy atom. The van der Waals surface area contributed by atoms with E-state index in [2.05, 4.69) is 33.1 Å². The first-order valence-corrected chi connectivity index (χ1v) is 13.8. The molecule has 0 bridgehead atoms. The lowest BCUT2D eigenvalue weighted by atomic mass is 9.58. The lowest BCUT2D eigenvalue weighted by Crippen LogP contribution is -2.43. The highest BCUT2D eigenvalue weighted by Crippen LogP contribution is 2.51. The maximum atomic E-state index is 14.1. The van der Waals surface area contributed by atoms with E-state index in [0.717, 1.165) is 47.8 Å². The fourth-order valence-corrected chi connectivity index (χ4v) is 6.54. The highest BCUT2D eigenvalue weighted by molar-refractivity contribution is 5.66. The van der Waals surface area contributed by atoms with Crippen LogP contribution in [0.25, 0.3) is 16.8 Å². The lowest BCUT2D eigenvalue weighted by Gasteiger charge is -2.44. The van der Waals surface area contributed by atoms with Gasteiger partial charge in [-0.2, -0.15) is 18.4 Å². The van der Waals surface area contributed by atoms with Crippen LogP contribution in [-0.4, -0.2) is 42.1 Å². The molecule has 0 radical (unpaired) electrons. The molecule has 3 aromatic heterocycles. The number of hydrogen-bond acceptors (Lipinski definition) is 6. The first-order valence-electron chi connectivity index (χ1n) is 13.8. The Hall–Kier alpha value is -4.04. The standard InChI is InChI=1S/C30H30F3N7O/c1-19-5-4-8-39(15-19)16-20-9-25(30(31,32)33)26-35-14-24(27(41)40(26)17-20)22-6-3-7-23(10-22)29(11-21(12-29)13-34)28-37-36-18-38(28)2/h3,6-7,9-10,14,17-19,21H,4-5,8,11-12,15-16H2,1-2H3/t19-,21?,29?/m0/s1. The summed E-state index contributed by atoms with van der Waals surface area (Å²) in [6.45, 7) is 4.08. The monoisotopic (exact) mass is 561 g/mol. The molecule has 1 saturated carbocycles. The van der Waals surface area contributed by atoms with Crippen LogP contribution in [0.2, 0.25) is 0 Å². The van der Waals surface area contributed by atoms with Crippen molar-refractivity contribution in [3.8, 4) is 17.2 Å². The van der Waals surface area contributed by atoms with Crippen molar-refractivity contribution in [1.82, 2.24) is 29.0 Å². The van der Waals surface area contributed by atoms with Crippen LogP contribution in [0.3, 0.4) is 0 Å². The fraction of sp³-hybridized carbons (Fsp3) is 0.433. The maximum Gasteiger partial charge on any atom is 0.419 e. The zero-order valence-electron chi connectivity index (χ0n) is 22.9. The molecule has 2 fully saturated rings. The number of aryl methyl sites for hydroxylation is 1. The summed E-state index contributed by atoms with van der Waals surface area (Å²) < 4.78 is 45.3. The van der Waals surface area contributed by atoms with Crippen molar-refractivity contribution < 1.29 is 13.2 Å². The van der Waals surface area contributed by atoms with Gasteiger partial charge in [-0.05, 0) is 67.0 Å². The van der Waals surface area contributed by atoms with Crippen molar-refractivity contribution in [1.29, 1.82) is 5.26 Å². The number of nitriles is 1. The summed E-state index contributed by atoms with van der Waals surface area (Å²) in [5, 5.41) is 17.8. The lowest BCUT2D eigenvalue weighted by molar-refractivity contribution is -0.136. The van der Waals surface area contributed by atoms with Gasteiger partial charge in [0.2, 0.25) is 0 Å². The largest absolute Gasteiger partial charge is 0.419 e. The van der Waals surface area contributed by atoms with E-state index in [9.17, 15) is 23.2 Å². The van der Waals surface area contributed by atoms with Crippen molar-refractivity contribution in [2.45, 2.75) is 50.7 Å². The second-order valence-electron chi connectivity index (χ2n) is 11.6. The van der Waals surface area contributed by atoms with E-state index in [4.69, 9.17) is 0 Å². The van der Waals surface area contributed by atoms with Crippen LogP contribution in [0.4, 0.5) is 13.2 Å². The van der Waals surface area contributed by atoms with Crippen LogP contribution in [0, 0.1) is 23.2 Å². The Bertz CT molecular complexity index is 1710. The second-order valence-corrected chi connectivity index (χ2v) is 11.6. The number of aromatic nitrogens is 5. The molecule has 0 spiro atoms. The Labute approximate surface area is 235 Å². The third-order valence-corrected chi connectivity index (χ3v) is 8.55. The van der Waals surface area contributed by atoms with Crippen molar-refractivity contribution >= 4 is 5.65 Å². The van der Waals surface area contributed by atoms with Crippen LogP contribution < -0.4 is 5.56 Å². The highest BCUT2D eigenvalue weighted by atomic mass is 19.4. The van der Waals surface area contributed by atoms with Crippen molar-refractivity contribution in [3.63, 3.8) is 0 Å². The molecule has 4 aromatic rings. The number of alkyl halides is 3. The Balaban J connectivity index is 1.44. The molecule has 1 saturated heterocycles. The van der Waals surface area contributed by atoms with Gasteiger partial charge in [0.25, 0.3) is 5.56 Å². The van der Waals surface area contributed by atoms with E-state index in [1.807, 2.05) is 29.8 Å². The average molecular weight is 562 g/mol. The van der Waals surface area contributed by atoms with E-state index in [1.54, 1.807) is 12.4 Å².